The minimum Gasteiger partial charge on any atom is -0.324 e. The quantitative estimate of drug-likeness (QED) is 0.859. The van der Waals surface area contributed by atoms with Crippen LogP contribution in [0.3, 0.4) is 0 Å². The molecule has 1 atom stereocenters. The highest BCUT2D eigenvalue weighted by Gasteiger charge is 2.06. The normalized spacial score (nSPS) is 12.4. The Morgan fingerprint density at radius 2 is 1.75 bits per heavy atom. The molecule has 1 unspecified atom stereocenters. The Bertz CT molecular complexity index is 453. The van der Waals surface area contributed by atoms with Crippen LogP contribution >= 0.6 is 22.6 Å². The summed E-state index contributed by atoms with van der Waals surface area (Å²) in [5.41, 5.74) is 8.68. The molecule has 2 N–H and O–H groups in total. The topological polar surface area (TPSA) is 26.0 Å². The van der Waals surface area contributed by atoms with Gasteiger partial charge in [-0.05, 0) is 52.3 Å². The van der Waals surface area contributed by atoms with Gasteiger partial charge in [-0.3, -0.25) is 0 Å². The van der Waals surface area contributed by atoms with Crippen LogP contribution in [0.4, 0.5) is 0 Å². The van der Waals surface area contributed by atoms with Gasteiger partial charge >= 0.3 is 0 Å². The zero-order valence-corrected chi connectivity index (χ0v) is 11.1. The molecule has 2 rings (SSSR count). The Kier molecular flexibility index (Phi) is 3.96. The van der Waals surface area contributed by atoms with Crippen molar-refractivity contribution in [3.8, 4) is 0 Å². The molecule has 0 fully saturated rings. The van der Waals surface area contributed by atoms with E-state index in [2.05, 4.69) is 71.1 Å². The maximum absolute atomic E-state index is 6.19. The van der Waals surface area contributed by atoms with E-state index >= 15 is 0 Å². The summed E-state index contributed by atoms with van der Waals surface area (Å²) >= 11 is 2.31. The number of nitrogens with two attached hydrogens (primary N) is 1. The fourth-order valence-corrected chi connectivity index (χ4v) is 2.29. The van der Waals surface area contributed by atoms with E-state index in [1.165, 1.54) is 14.7 Å². The minimum absolute atomic E-state index is 0.0807. The third kappa shape index (κ3) is 3.06. The van der Waals surface area contributed by atoms with Gasteiger partial charge in [-0.15, -0.1) is 0 Å². The molecule has 0 spiro atoms. The number of benzene rings is 2. The first-order valence-corrected chi connectivity index (χ1v) is 6.38. The zero-order valence-electron chi connectivity index (χ0n) is 8.94. The molecular formula is C14H14IN. The van der Waals surface area contributed by atoms with Crippen LogP contribution in [0.5, 0.6) is 0 Å². The van der Waals surface area contributed by atoms with Crippen LogP contribution in [0.15, 0.2) is 54.6 Å². The van der Waals surface area contributed by atoms with Gasteiger partial charge in [0.1, 0.15) is 0 Å². The number of rotatable bonds is 3. The van der Waals surface area contributed by atoms with Crippen molar-refractivity contribution in [1.82, 2.24) is 0 Å². The predicted molar refractivity (Wildman–Crippen MR) is 76.2 cm³/mol. The van der Waals surface area contributed by atoms with E-state index in [4.69, 9.17) is 5.73 Å². The standard InChI is InChI=1S/C14H14IN/c15-13-8-4-7-12(10-13)14(16)9-11-5-2-1-3-6-11/h1-8,10,14H,9,16H2. The van der Waals surface area contributed by atoms with E-state index in [1.807, 2.05) is 6.07 Å². The number of hydrogen-bond donors (Lipinski definition) is 1. The second kappa shape index (κ2) is 5.46. The molecule has 0 aliphatic rings. The average molecular weight is 323 g/mol. The maximum atomic E-state index is 6.19. The first-order chi connectivity index (χ1) is 7.75. The zero-order chi connectivity index (χ0) is 11.4. The first kappa shape index (κ1) is 11.6. The minimum atomic E-state index is 0.0807. The fraction of sp³-hybridized carbons (Fsp3) is 0.143. The monoisotopic (exact) mass is 323 g/mol. The van der Waals surface area contributed by atoms with Gasteiger partial charge in [0.05, 0.1) is 0 Å². The van der Waals surface area contributed by atoms with Crippen LogP contribution in [0, 0.1) is 3.57 Å². The maximum Gasteiger partial charge on any atom is 0.0336 e. The molecular weight excluding hydrogens is 309 g/mol. The summed E-state index contributed by atoms with van der Waals surface area (Å²) in [6.45, 7) is 0. The third-order valence-corrected chi connectivity index (χ3v) is 3.25. The van der Waals surface area contributed by atoms with Crippen molar-refractivity contribution in [3.63, 3.8) is 0 Å². The summed E-state index contributed by atoms with van der Waals surface area (Å²) in [6, 6.07) is 18.8. The molecule has 0 aliphatic heterocycles. The lowest BCUT2D eigenvalue weighted by Crippen LogP contribution is -2.13. The van der Waals surface area contributed by atoms with Gasteiger partial charge in [-0.1, -0.05) is 42.5 Å². The van der Waals surface area contributed by atoms with Gasteiger partial charge in [-0.2, -0.15) is 0 Å². The highest BCUT2D eigenvalue weighted by molar-refractivity contribution is 14.1. The highest BCUT2D eigenvalue weighted by atomic mass is 127. The highest BCUT2D eigenvalue weighted by Crippen LogP contribution is 2.17. The molecule has 0 radical (unpaired) electrons. The molecule has 16 heavy (non-hydrogen) atoms. The van der Waals surface area contributed by atoms with Crippen LogP contribution < -0.4 is 5.73 Å². The van der Waals surface area contributed by atoms with E-state index in [0.29, 0.717) is 0 Å². The molecule has 2 aromatic carbocycles. The lowest BCUT2D eigenvalue weighted by atomic mass is 10.00. The molecule has 0 heterocycles. The summed E-state index contributed by atoms with van der Waals surface area (Å²) < 4.78 is 1.23. The second-order valence-corrected chi connectivity index (χ2v) is 5.10. The van der Waals surface area contributed by atoms with E-state index in [-0.39, 0.29) is 6.04 Å². The summed E-state index contributed by atoms with van der Waals surface area (Å²) in [6.07, 6.45) is 0.890. The van der Waals surface area contributed by atoms with Crippen molar-refractivity contribution in [1.29, 1.82) is 0 Å². The van der Waals surface area contributed by atoms with Crippen LogP contribution in [-0.2, 0) is 6.42 Å². The van der Waals surface area contributed by atoms with E-state index in [9.17, 15) is 0 Å². The molecule has 0 aliphatic carbocycles. The number of halogens is 1. The van der Waals surface area contributed by atoms with Gasteiger partial charge < -0.3 is 5.73 Å². The second-order valence-electron chi connectivity index (χ2n) is 3.85. The van der Waals surface area contributed by atoms with Crippen molar-refractivity contribution >= 4 is 22.6 Å². The molecule has 0 saturated carbocycles. The lowest BCUT2D eigenvalue weighted by Gasteiger charge is -2.12. The van der Waals surface area contributed by atoms with E-state index in [1.54, 1.807) is 0 Å². The molecule has 0 bridgehead atoms. The Morgan fingerprint density at radius 1 is 1.00 bits per heavy atom. The predicted octanol–water partition coefficient (Wildman–Crippen LogP) is 3.53. The van der Waals surface area contributed by atoms with Crippen LogP contribution in [0.25, 0.3) is 0 Å². The van der Waals surface area contributed by atoms with Gasteiger partial charge in [0.15, 0.2) is 0 Å². The molecule has 0 aromatic heterocycles. The molecule has 82 valence electrons. The molecule has 0 saturated heterocycles. The molecule has 0 amide bonds. The van der Waals surface area contributed by atoms with Gasteiger partial charge in [-0.25, -0.2) is 0 Å². The Morgan fingerprint density at radius 3 is 2.44 bits per heavy atom. The van der Waals surface area contributed by atoms with Crippen molar-refractivity contribution in [3.05, 3.63) is 69.3 Å². The van der Waals surface area contributed by atoms with Gasteiger partial charge in [0.2, 0.25) is 0 Å². The summed E-state index contributed by atoms with van der Waals surface area (Å²) in [4.78, 5) is 0. The van der Waals surface area contributed by atoms with Crippen LogP contribution in [-0.4, -0.2) is 0 Å². The van der Waals surface area contributed by atoms with Gasteiger partial charge in [0, 0.05) is 9.61 Å². The van der Waals surface area contributed by atoms with E-state index < -0.39 is 0 Å². The fourth-order valence-electron chi connectivity index (χ4n) is 1.72. The van der Waals surface area contributed by atoms with Gasteiger partial charge in [0.25, 0.3) is 0 Å². The number of hydrogen-bond acceptors (Lipinski definition) is 1. The van der Waals surface area contributed by atoms with Crippen molar-refractivity contribution in [2.24, 2.45) is 5.73 Å². The third-order valence-electron chi connectivity index (χ3n) is 2.58. The SMILES string of the molecule is NC(Cc1ccccc1)c1cccc(I)c1. The van der Waals surface area contributed by atoms with Crippen molar-refractivity contribution < 1.29 is 0 Å². The van der Waals surface area contributed by atoms with E-state index in [0.717, 1.165) is 6.42 Å². The summed E-state index contributed by atoms with van der Waals surface area (Å²) in [5.74, 6) is 0. The van der Waals surface area contributed by atoms with Crippen LogP contribution in [0.2, 0.25) is 0 Å². The Balaban J connectivity index is 2.12. The largest absolute Gasteiger partial charge is 0.324 e. The Hall–Kier alpha value is -0.870. The van der Waals surface area contributed by atoms with Crippen molar-refractivity contribution in [2.75, 3.05) is 0 Å². The smallest absolute Gasteiger partial charge is 0.0336 e. The lowest BCUT2D eigenvalue weighted by molar-refractivity contribution is 0.721. The summed E-state index contributed by atoms with van der Waals surface area (Å²) in [5, 5.41) is 0. The Labute approximate surface area is 110 Å². The molecule has 2 heteroatoms. The van der Waals surface area contributed by atoms with Crippen molar-refractivity contribution in [2.45, 2.75) is 12.5 Å². The molecule has 1 nitrogen and oxygen atoms in total. The summed E-state index contributed by atoms with van der Waals surface area (Å²) in [7, 11) is 0. The first-order valence-electron chi connectivity index (χ1n) is 5.30. The average Bonchev–Trinajstić information content (AvgIpc) is 2.30. The molecule has 2 aromatic rings. The van der Waals surface area contributed by atoms with Crippen LogP contribution in [0.1, 0.15) is 17.2 Å².